The summed E-state index contributed by atoms with van der Waals surface area (Å²) in [6, 6.07) is 29.0. The number of aromatic nitrogens is 1. The molecule has 1 aliphatic rings. The zero-order chi connectivity index (χ0) is 21.9. The first kappa shape index (κ1) is 20.2. The van der Waals surface area contributed by atoms with Gasteiger partial charge in [0.1, 0.15) is 0 Å². The van der Waals surface area contributed by atoms with E-state index in [0.29, 0.717) is 10.6 Å². The molecule has 4 nitrogen and oxygen atoms in total. The molecule has 1 N–H and O–H groups in total. The van der Waals surface area contributed by atoms with Gasteiger partial charge >= 0.3 is 0 Å². The predicted octanol–water partition coefficient (Wildman–Crippen LogP) is 6.01. The van der Waals surface area contributed by atoms with Crippen LogP contribution in [0.5, 0.6) is 0 Å². The number of benzene rings is 3. The fourth-order valence-corrected chi connectivity index (χ4v) is 4.53. The third kappa shape index (κ3) is 4.34. The summed E-state index contributed by atoms with van der Waals surface area (Å²) in [6.07, 6.45) is 3.60. The largest absolute Gasteiger partial charge is 0.290 e. The summed E-state index contributed by atoms with van der Waals surface area (Å²) in [5, 5.41) is 3.01. The molecule has 0 radical (unpaired) electrons. The summed E-state index contributed by atoms with van der Waals surface area (Å²) in [5.74, 6) is -0.376. The van der Waals surface area contributed by atoms with E-state index < -0.39 is 0 Å². The van der Waals surface area contributed by atoms with Crippen molar-refractivity contribution in [2.75, 3.05) is 0 Å². The van der Waals surface area contributed by atoms with Crippen LogP contribution >= 0.6 is 11.8 Å². The van der Waals surface area contributed by atoms with Crippen molar-refractivity contribution in [3.05, 3.63) is 107 Å². The number of rotatable bonds is 5. The Morgan fingerprint density at radius 2 is 1.53 bits per heavy atom. The van der Waals surface area contributed by atoms with E-state index in [0.717, 1.165) is 46.6 Å². The topological polar surface area (TPSA) is 59.1 Å². The van der Waals surface area contributed by atoms with Crippen LogP contribution in [0.2, 0.25) is 0 Å². The van der Waals surface area contributed by atoms with Crippen molar-refractivity contribution in [1.29, 1.82) is 0 Å². The molecule has 2 amide bonds. The van der Waals surface area contributed by atoms with Crippen molar-refractivity contribution in [2.45, 2.75) is 12.8 Å². The fraction of sp³-hybridized carbons (Fsp3) is 0.0741. The molecule has 4 aromatic rings. The number of nitrogens with one attached hydrogen (secondary N) is 1. The molecule has 32 heavy (non-hydrogen) atoms. The Bertz CT molecular complexity index is 1350. The quantitative estimate of drug-likeness (QED) is 0.389. The minimum atomic E-state index is -0.376. The third-order valence-electron chi connectivity index (χ3n) is 5.44. The average Bonchev–Trinajstić information content (AvgIpc) is 3.14. The van der Waals surface area contributed by atoms with E-state index in [4.69, 9.17) is 4.98 Å². The van der Waals surface area contributed by atoms with Crippen LogP contribution in [-0.4, -0.2) is 16.1 Å². The van der Waals surface area contributed by atoms with E-state index in [9.17, 15) is 9.59 Å². The molecule has 0 unspecified atom stereocenters. The van der Waals surface area contributed by atoms with Crippen molar-refractivity contribution < 1.29 is 9.59 Å². The Balaban J connectivity index is 1.56. The lowest BCUT2D eigenvalue weighted by atomic mass is 9.96. The maximum atomic E-state index is 12.0. The number of thioether (sulfide) groups is 1. The van der Waals surface area contributed by atoms with Gasteiger partial charge in [-0.3, -0.25) is 14.9 Å². The summed E-state index contributed by atoms with van der Waals surface area (Å²) >= 11 is 0.904. The number of fused-ring (bicyclic) bond motifs is 1. The van der Waals surface area contributed by atoms with Gasteiger partial charge in [-0.1, -0.05) is 66.7 Å². The molecule has 156 valence electrons. The molecular weight excluding hydrogens is 416 g/mol. The first-order chi connectivity index (χ1) is 15.7. The zero-order valence-electron chi connectivity index (χ0n) is 17.2. The highest BCUT2D eigenvalue weighted by Crippen LogP contribution is 2.32. The highest BCUT2D eigenvalue weighted by molar-refractivity contribution is 8.18. The van der Waals surface area contributed by atoms with Crippen LogP contribution < -0.4 is 5.32 Å². The van der Waals surface area contributed by atoms with Crippen LogP contribution in [0.4, 0.5) is 4.79 Å². The van der Waals surface area contributed by atoms with Gasteiger partial charge in [-0.2, -0.15) is 0 Å². The second kappa shape index (κ2) is 8.81. The normalized spacial score (nSPS) is 14.8. The first-order valence-corrected chi connectivity index (χ1v) is 11.3. The number of hydrogen-bond donors (Lipinski definition) is 1. The number of carbonyl (C=O) groups is 2. The molecule has 1 fully saturated rings. The van der Waals surface area contributed by atoms with Crippen LogP contribution in [0.3, 0.4) is 0 Å². The van der Waals surface area contributed by atoms with E-state index in [-0.39, 0.29) is 11.1 Å². The van der Waals surface area contributed by atoms with Gasteiger partial charge in [-0.15, -0.1) is 0 Å². The maximum absolute atomic E-state index is 12.0. The minimum Gasteiger partial charge on any atom is -0.282 e. The Hall–Kier alpha value is -3.70. The fourth-order valence-electron chi connectivity index (χ4n) is 3.87. The van der Waals surface area contributed by atoms with Gasteiger partial charge in [-0.05, 0) is 71.1 Å². The Morgan fingerprint density at radius 1 is 0.812 bits per heavy atom. The van der Waals surface area contributed by atoms with Gasteiger partial charge in [0.05, 0.1) is 16.1 Å². The average molecular weight is 437 g/mol. The van der Waals surface area contributed by atoms with Crippen LogP contribution in [0.25, 0.3) is 28.1 Å². The van der Waals surface area contributed by atoms with Gasteiger partial charge in [0.25, 0.3) is 11.1 Å². The molecule has 0 saturated carbocycles. The van der Waals surface area contributed by atoms with Gasteiger partial charge in [-0.25, -0.2) is 4.98 Å². The van der Waals surface area contributed by atoms with Crippen molar-refractivity contribution in [3.8, 4) is 11.1 Å². The molecule has 1 saturated heterocycles. The molecule has 5 rings (SSSR count). The molecule has 5 heteroatoms. The lowest BCUT2D eigenvalue weighted by Gasteiger charge is -2.11. The van der Waals surface area contributed by atoms with Crippen LogP contribution in [-0.2, 0) is 17.6 Å². The molecular formula is C27H20N2O2S. The smallest absolute Gasteiger partial charge is 0.282 e. The number of carbonyl (C=O) groups excluding carboxylic acids is 2. The monoisotopic (exact) mass is 436 g/mol. The third-order valence-corrected chi connectivity index (χ3v) is 6.25. The summed E-state index contributed by atoms with van der Waals surface area (Å²) in [7, 11) is 0. The lowest BCUT2D eigenvalue weighted by molar-refractivity contribution is -0.115. The van der Waals surface area contributed by atoms with E-state index in [2.05, 4.69) is 53.8 Å². The van der Waals surface area contributed by atoms with Crippen molar-refractivity contribution in [1.82, 2.24) is 10.3 Å². The molecule has 0 spiro atoms. The number of aryl methyl sites for hydroxylation is 2. The summed E-state index contributed by atoms with van der Waals surface area (Å²) in [5.41, 5.74) is 6.22. The predicted molar refractivity (Wildman–Crippen MR) is 130 cm³/mol. The van der Waals surface area contributed by atoms with Crippen molar-refractivity contribution in [3.63, 3.8) is 0 Å². The summed E-state index contributed by atoms with van der Waals surface area (Å²) < 4.78 is 0. The molecule has 0 atom stereocenters. The molecule has 0 bridgehead atoms. The van der Waals surface area contributed by atoms with E-state index in [1.165, 1.54) is 11.1 Å². The first-order valence-electron chi connectivity index (χ1n) is 10.4. The summed E-state index contributed by atoms with van der Waals surface area (Å²) in [6.45, 7) is 0. The zero-order valence-corrected chi connectivity index (χ0v) is 18.1. The van der Waals surface area contributed by atoms with Gasteiger partial charge in [0, 0.05) is 5.39 Å². The number of imide groups is 1. The van der Waals surface area contributed by atoms with Gasteiger partial charge in [0.2, 0.25) is 0 Å². The molecule has 1 aromatic heterocycles. The Morgan fingerprint density at radius 3 is 2.25 bits per heavy atom. The van der Waals surface area contributed by atoms with Gasteiger partial charge in [0.15, 0.2) is 0 Å². The highest BCUT2D eigenvalue weighted by atomic mass is 32.2. The van der Waals surface area contributed by atoms with E-state index in [1.807, 2.05) is 36.4 Å². The SMILES string of the molecule is O=C1NC(=O)/C(=C\c2cc(-c3ccccc3)c3cc(CCc4ccccc4)ccc3n2)S1. The molecule has 0 aliphatic carbocycles. The van der Waals surface area contributed by atoms with Gasteiger partial charge < -0.3 is 0 Å². The molecule has 1 aliphatic heterocycles. The number of hydrogen-bond acceptors (Lipinski definition) is 4. The standard InChI is InChI=1S/C27H20N2O2S/c30-26-25(32-27(31)29-26)17-21-16-22(20-9-5-2-6-10-20)23-15-19(13-14-24(23)28-21)12-11-18-7-3-1-4-8-18/h1-10,13-17H,11-12H2,(H,29,30,31)/b25-17+. The van der Waals surface area contributed by atoms with E-state index in [1.54, 1.807) is 6.08 Å². The second-order valence-electron chi connectivity index (χ2n) is 7.65. The van der Waals surface area contributed by atoms with Crippen molar-refractivity contribution >= 4 is 39.9 Å². The number of nitrogens with zero attached hydrogens (tertiary/aromatic N) is 1. The minimum absolute atomic E-state index is 0.353. The molecule has 3 aromatic carbocycles. The van der Waals surface area contributed by atoms with Crippen LogP contribution in [0, 0.1) is 0 Å². The van der Waals surface area contributed by atoms with Crippen LogP contribution in [0.1, 0.15) is 16.8 Å². The van der Waals surface area contributed by atoms with Crippen molar-refractivity contribution in [2.24, 2.45) is 0 Å². The second-order valence-corrected chi connectivity index (χ2v) is 8.66. The van der Waals surface area contributed by atoms with E-state index >= 15 is 0 Å². The number of amides is 2. The Kier molecular flexibility index (Phi) is 5.57. The van der Waals surface area contributed by atoms with Crippen LogP contribution in [0.15, 0.2) is 89.8 Å². The summed E-state index contributed by atoms with van der Waals surface area (Å²) in [4.78, 5) is 28.6. The Labute approximate surface area is 190 Å². The number of pyridine rings is 1. The highest BCUT2D eigenvalue weighted by Gasteiger charge is 2.25. The molecule has 2 heterocycles. The maximum Gasteiger partial charge on any atom is 0.290 e. The lowest BCUT2D eigenvalue weighted by Crippen LogP contribution is -2.17.